The summed E-state index contributed by atoms with van der Waals surface area (Å²) in [5.41, 5.74) is 2.30. The number of hydrogen-bond donors (Lipinski definition) is 1. The third kappa shape index (κ3) is 6.22. The third-order valence-corrected chi connectivity index (χ3v) is 6.31. The van der Waals surface area contributed by atoms with Crippen molar-refractivity contribution in [2.45, 2.75) is 5.75 Å². The summed E-state index contributed by atoms with van der Waals surface area (Å²) in [5, 5.41) is 3.37. The van der Waals surface area contributed by atoms with Gasteiger partial charge in [-0.2, -0.15) is 0 Å². The average Bonchev–Trinajstić information content (AvgIpc) is 2.77. The molecule has 0 bridgehead atoms. The van der Waals surface area contributed by atoms with Gasteiger partial charge in [0.1, 0.15) is 5.75 Å². The molecule has 3 rings (SSSR count). The molecule has 1 heterocycles. The molecule has 2 aromatic carbocycles. The van der Waals surface area contributed by atoms with E-state index in [2.05, 4.69) is 32.2 Å². The highest BCUT2D eigenvalue weighted by Gasteiger charge is 2.20. The van der Waals surface area contributed by atoms with Crippen LogP contribution in [0.2, 0.25) is 0 Å². The Balaban J connectivity index is 1.43. The molecule has 1 saturated heterocycles. The Labute approximate surface area is 176 Å². The molecule has 1 aliphatic rings. The van der Waals surface area contributed by atoms with Crippen molar-refractivity contribution in [1.29, 1.82) is 0 Å². The van der Waals surface area contributed by atoms with Crippen molar-refractivity contribution < 1.29 is 8.95 Å². The van der Waals surface area contributed by atoms with Gasteiger partial charge in [-0.1, -0.05) is 36.4 Å². The third-order valence-electron chi connectivity index (χ3n) is 4.99. The summed E-state index contributed by atoms with van der Waals surface area (Å²) in [5.74, 6) is 2.97. The molecule has 0 aliphatic carbocycles. The number of methoxy groups -OCH3 is 1. The molecule has 1 unspecified atom stereocenters. The first-order valence-corrected chi connectivity index (χ1v) is 11.4. The van der Waals surface area contributed by atoms with Crippen LogP contribution in [0.1, 0.15) is 5.56 Å². The molecule has 0 radical (unpaired) electrons. The van der Waals surface area contributed by atoms with E-state index in [0.717, 1.165) is 43.5 Å². The van der Waals surface area contributed by atoms with E-state index in [1.165, 1.54) is 5.69 Å². The van der Waals surface area contributed by atoms with Gasteiger partial charge in [0.25, 0.3) is 0 Å². The van der Waals surface area contributed by atoms with Crippen LogP contribution in [0.15, 0.2) is 59.6 Å². The highest BCUT2D eigenvalue weighted by atomic mass is 32.2. The number of anilines is 1. The minimum absolute atomic E-state index is 0.598. The quantitative estimate of drug-likeness (QED) is 0.557. The van der Waals surface area contributed by atoms with Crippen LogP contribution in [0.3, 0.4) is 0 Å². The predicted octanol–water partition coefficient (Wildman–Crippen LogP) is 2.34. The fourth-order valence-electron chi connectivity index (χ4n) is 3.42. The van der Waals surface area contributed by atoms with Crippen molar-refractivity contribution >= 4 is 22.4 Å². The Morgan fingerprint density at radius 2 is 1.86 bits per heavy atom. The molecule has 0 aromatic heterocycles. The molecule has 1 fully saturated rings. The molecule has 29 heavy (non-hydrogen) atoms. The van der Waals surface area contributed by atoms with Crippen LogP contribution in [0.5, 0.6) is 5.75 Å². The van der Waals surface area contributed by atoms with Gasteiger partial charge in [-0.15, -0.1) is 0 Å². The van der Waals surface area contributed by atoms with Gasteiger partial charge in [0.05, 0.1) is 7.11 Å². The summed E-state index contributed by atoms with van der Waals surface area (Å²) in [6.07, 6.45) is 0. The number of benzene rings is 2. The normalized spacial score (nSPS) is 15.9. The summed E-state index contributed by atoms with van der Waals surface area (Å²) in [6.45, 7) is 4.29. The molecule has 1 N–H and O–H groups in total. The topological polar surface area (TPSA) is 57.2 Å². The molecule has 0 spiro atoms. The number of nitrogens with one attached hydrogen (secondary N) is 1. The van der Waals surface area contributed by atoms with Crippen molar-refractivity contribution in [3.05, 3.63) is 60.2 Å². The van der Waals surface area contributed by atoms with Crippen LogP contribution in [0, 0.1) is 0 Å². The molecule has 6 nitrogen and oxygen atoms in total. The minimum Gasteiger partial charge on any atom is -0.497 e. The highest BCUT2D eigenvalue weighted by molar-refractivity contribution is 7.84. The largest absolute Gasteiger partial charge is 0.497 e. The van der Waals surface area contributed by atoms with Gasteiger partial charge in [-0.3, -0.25) is 9.20 Å². The number of nitrogens with zero attached hydrogens (tertiary/aromatic N) is 3. The maximum Gasteiger partial charge on any atom is 0.193 e. The van der Waals surface area contributed by atoms with Crippen molar-refractivity contribution in [3.8, 4) is 5.75 Å². The van der Waals surface area contributed by atoms with E-state index in [1.54, 1.807) is 14.2 Å². The van der Waals surface area contributed by atoms with Crippen LogP contribution in [0.25, 0.3) is 0 Å². The Hall–Kier alpha value is -2.54. The second kappa shape index (κ2) is 10.9. The summed E-state index contributed by atoms with van der Waals surface area (Å²) in [6, 6.07) is 18.2. The fourth-order valence-corrected chi connectivity index (χ4v) is 4.46. The molecule has 7 heteroatoms. The van der Waals surface area contributed by atoms with Gasteiger partial charge in [0, 0.05) is 73.8 Å². The van der Waals surface area contributed by atoms with E-state index in [4.69, 9.17) is 4.74 Å². The molecular formula is C22H30N4O2S. The second-order valence-corrected chi connectivity index (χ2v) is 8.50. The number of rotatable bonds is 7. The summed E-state index contributed by atoms with van der Waals surface area (Å²) >= 11 is 0. The Bertz CT molecular complexity index is 821. The van der Waals surface area contributed by atoms with E-state index >= 15 is 0 Å². The monoisotopic (exact) mass is 414 g/mol. The van der Waals surface area contributed by atoms with E-state index in [9.17, 15) is 4.21 Å². The first-order valence-electron chi connectivity index (χ1n) is 9.93. The SMILES string of the molecule is CN=C(NCCS(=O)Cc1ccccc1)N1CCN(c2cccc(OC)c2)CC1. The van der Waals surface area contributed by atoms with Crippen molar-refractivity contribution in [2.24, 2.45) is 4.99 Å². The lowest BCUT2D eigenvalue weighted by atomic mass is 10.2. The van der Waals surface area contributed by atoms with Gasteiger partial charge in [-0.25, -0.2) is 0 Å². The maximum atomic E-state index is 12.3. The van der Waals surface area contributed by atoms with Crippen LogP contribution in [-0.4, -0.2) is 67.7 Å². The summed E-state index contributed by atoms with van der Waals surface area (Å²) in [7, 11) is 2.61. The molecule has 0 saturated carbocycles. The first kappa shape index (κ1) is 21.2. The Morgan fingerprint density at radius 3 is 2.55 bits per heavy atom. The van der Waals surface area contributed by atoms with Crippen LogP contribution in [0.4, 0.5) is 5.69 Å². The predicted molar refractivity (Wildman–Crippen MR) is 121 cm³/mol. The summed E-state index contributed by atoms with van der Waals surface area (Å²) in [4.78, 5) is 9.03. The minimum atomic E-state index is -0.884. The average molecular weight is 415 g/mol. The molecule has 156 valence electrons. The summed E-state index contributed by atoms with van der Waals surface area (Å²) < 4.78 is 17.6. The van der Waals surface area contributed by atoms with Gasteiger partial charge in [0.15, 0.2) is 5.96 Å². The Morgan fingerprint density at radius 1 is 1.10 bits per heavy atom. The lowest BCUT2D eigenvalue weighted by Crippen LogP contribution is -2.53. The zero-order valence-corrected chi connectivity index (χ0v) is 18.0. The standard InChI is InChI=1S/C22H30N4O2S/c1-23-22(24-11-16-29(27)18-19-7-4-3-5-8-19)26-14-12-25(13-15-26)20-9-6-10-21(17-20)28-2/h3-10,17H,11-16,18H2,1-2H3,(H,23,24). The molecule has 1 aliphatic heterocycles. The zero-order valence-electron chi connectivity index (χ0n) is 17.2. The van der Waals surface area contributed by atoms with Crippen LogP contribution < -0.4 is 15.0 Å². The van der Waals surface area contributed by atoms with E-state index in [1.807, 2.05) is 42.5 Å². The number of hydrogen-bond acceptors (Lipinski definition) is 4. The highest BCUT2D eigenvalue weighted by Crippen LogP contribution is 2.22. The fraction of sp³-hybridized carbons (Fsp3) is 0.409. The number of guanidine groups is 1. The lowest BCUT2D eigenvalue weighted by Gasteiger charge is -2.37. The zero-order chi connectivity index (χ0) is 20.5. The van der Waals surface area contributed by atoms with Crippen LogP contribution in [-0.2, 0) is 16.6 Å². The molecule has 2 aromatic rings. The van der Waals surface area contributed by atoms with Crippen LogP contribution >= 0.6 is 0 Å². The van der Waals surface area contributed by atoms with Gasteiger partial charge < -0.3 is 19.9 Å². The smallest absolute Gasteiger partial charge is 0.193 e. The number of ether oxygens (including phenoxy) is 1. The van der Waals surface area contributed by atoms with Crippen molar-refractivity contribution in [2.75, 3.05) is 57.5 Å². The van der Waals surface area contributed by atoms with E-state index < -0.39 is 10.8 Å². The maximum absolute atomic E-state index is 12.3. The molecule has 0 amide bonds. The Kier molecular flexibility index (Phi) is 7.93. The van der Waals surface area contributed by atoms with Crippen molar-refractivity contribution in [3.63, 3.8) is 0 Å². The van der Waals surface area contributed by atoms with Gasteiger partial charge in [-0.05, 0) is 17.7 Å². The van der Waals surface area contributed by atoms with E-state index in [0.29, 0.717) is 18.1 Å². The number of aliphatic imine (C=N–C) groups is 1. The lowest BCUT2D eigenvalue weighted by molar-refractivity contribution is 0.373. The molecular weight excluding hydrogens is 384 g/mol. The van der Waals surface area contributed by atoms with Crippen molar-refractivity contribution in [1.82, 2.24) is 10.2 Å². The van der Waals surface area contributed by atoms with Gasteiger partial charge in [0.2, 0.25) is 0 Å². The molecule has 1 atom stereocenters. The first-order chi connectivity index (χ1) is 14.2. The number of piperazine rings is 1. The van der Waals surface area contributed by atoms with Gasteiger partial charge >= 0.3 is 0 Å². The second-order valence-electron chi connectivity index (χ2n) is 6.92. The van der Waals surface area contributed by atoms with E-state index in [-0.39, 0.29) is 0 Å².